The van der Waals surface area contributed by atoms with Gasteiger partial charge in [-0.2, -0.15) is 5.26 Å². The molecule has 2 fully saturated rings. The van der Waals surface area contributed by atoms with Crippen molar-refractivity contribution in [1.29, 1.82) is 5.26 Å². The average molecular weight is 665 g/mol. The van der Waals surface area contributed by atoms with Crippen LogP contribution in [-0.4, -0.2) is 39.7 Å². The van der Waals surface area contributed by atoms with E-state index in [4.69, 9.17) is 9.47 Å². The van der Waals surface area contributed by atoms with Crippen LogP contribution >= 0.6 is 11.3 Å². The molecule has 12 heteroatoms. The number of carbonyl (C=O) groups is 1. The number of amides is 1. The third kappa shape index (κ3) is 7.47. The SMILES string of the molecule is CC1CC1.CC1CCN(c2ncc3c4c(c(-c5ncc(F)c6sc(NC(=O)OC(C)(C)C)c(C#N)c56)c(F)c3n2)COC4)C1.CCC. The van der Waals surface area contributed by atoms with Crippen molar-refractivity contribution >= 4 is 49.4 Å². The van der Waals surface area contributed by atoms with Gasteiger partial charge in [-0.3, -0.25) is 10.3 Å². The van der Waals surface area contributed by atoms with Crippen molar-refractivity contribution in [3.05, 3.63) is 40.7 Å². The fraction of sp³-hybridized carbons (Fsp3) is 0.514. The molecule has 1 aliphatic carbocycles. The molecule has 47 heavy (non-hydrogen) atoms. The van der Waals surface area contributed by atoms with Crippen LogP contribution in [0, 0.1) is 34.8 Å². The van der Waals surface area contributed by atoms with Crippen LogP contribution < -0.4 is 10.2 Å². The maximum Gasteiger partial charge on any atom is 0.412 e. The topological polar surface area (TPSA) is 113 Å². The number of aromatic nitrogens is 3. The number of nitrogens with zero attached hydrogens (tertiary/aromatic N) is 5. The number of nitrogens with one attached hydrogen (secondary N) is 1. The molecule has 7 rings (SSSR count). The Kier molecular flexibility index (Phi) is 10.3. The van der Waals surface area contributed by atoms with Gasteiger partial charge in [0.15, 0.2) is 11.6 Å². The van der Waals surface area contributed by atoms with Crippen LogP contribution in [0.2, 0.25) is 0 Å². The minimum Gasteiger partial charge on any atom is -0.444 e. The van der Waals surface area contributed by atoms with Gasteiger partial charge in [-0.1, -0.05) is 47.0 Å². The largest absolute Gasteiger partial charge is 0.444 e. The summed E-state index contributed by atoms with van der Waals surface area (Å²) in [5.41, 5.74) is 0.758. The number of benzene rings is 1. The van der Waals surface area contributed by atoms with Gasteiger partial charge in [-0.15, -0.1) is 11.3 Å². The number of pyridine rings is 1. The molecule has 250 valence electrons. The summed E-state index contributed by atoms with van der Waals surface area (Å²) in [7, 11) is 0. The van der Waals surface area contributed by atoms with E-state index in [1.165, 1.54) is 19.3 Å². The number of fused-ring (bicyclic) bond motifs is 4. The number of hydrogen-bond acceptors (Lipinski definition) is 9. The molecule has 4 aromatic rings. The number of halogens is 2. The summed E-state index contributed by atoms with van der Waals surface area (Å²) in [6.45, 7) is 15.7. The molecule has 1 N–H and O–H groups in total. The van der Waals surface area contributed by atoms with E-state index in [9.17, 15) is 10.1 Å². The molecule has 0 radical (unpaired) electrons. The molecule has 0 bridgehead atoms. The highest BCUT2D eigenvalue weighted by Gasteiger charge is 2.31. The second kappa shape index (κ2) is 14.0. The van der Waals surface area contributed by atoms with Crippen molar-refractivity contribution < 1.29 is 23.0 Å². The van der Waals surface area contributed by atoms with Gasteiger partial charge in [0, 0.05) is 35.6 Å². The molecule has 5 heterocycles. The van der Waals surface area contributed by atoms with Crippen LogP contribution in [-0.2, 0) is 22.7 Å². The average Bonchev–Trinajstić information content (AvgIpc) is 3.35. The molecule has 3 aliphatic rings. The summed E-state index contributed by atoms with van der Waals surface area (Å²) in [6, 6.07) is 2.05. The highest BCUT2D eigenvalue weighted by atomic mass is 32.1. The lowest BCUT2D eigenvalue weighted by Crippen LogP contribution is -2.27. The van der Waals surface area contributed by atoms with E-state index in [1.807, 2.05) is 11.0 Å². The Hall–Kier alpha value is -3.95. The third-order valence-corrected chi connectivity index (χ3v) is 9.01. The molecular formula is C35H42F2N6O3S. The van der Waals surface area contributed by atoms with Crippen LogP contribution in [0.5, 0.6) is 0 Å². The molecular weight excluding hydrogens is 622 g/mol. The van der Waals surface area contributed by atoms with Crippen LogP contribution in [0.15, 0.2) is 12.4 Å². The molecule has 3 aromatic heterocycles. The predicted octanol–water partition coefficient (Wildman–Crippen LogP) is 9.11. The van der Waals surface area contributed by atoms with Gasteiger partial charge in [0.2, 0.25) is 5.95 Å². The monoisotopic (exact) mass is 664 g/mol. The van der Waals surface area contributed by atoms with Crippen LogP contribution in [0.25, 0.3) is 32.2 Å². The van der Waals surface area contributed by atoms with Crippen molar-refractivity contribution in [2.24, 2.45) is 11.8 Å². The fourth-order valence-electron chi connectivity index (χ4n) is 5.44. The number of rotatable bonds is 3. The molecule has 1 atom stereocenters. The molecule has 1 saturated carbocycles. The lowest BCUT2D eigenvalue weighted by atomic mass is 9.94. The Morgan fingerprint density at radius 2 is 1.81 bits per heavy atom. The standard InChI is InChI=1S/C28H26F2N6O3S.C4H8.C3H8/c1-13-5-6-36(10-13)26-33-8-15-16-11-38-12-17(16)19(21(30)22(15)34-26)23-20-14(7-31)25(35-27(37)39-28(2,3)4)40-24(20)18(29)9-32-23;1-4-2-3-4;1-3-2/h8-9,13H,5-6,10-12H2,1-4H3,(H,35,37);4H,2-3H2,1H3;3H2,1-2H3. The zero-order chi connectivity index (χ0) is 34.0. The first-order valence-corrected chi connectivity index (χ1v) is 17.0. The van der Waals surface area contributed by atoms with E-state index in [0.717, 1.165) is 48.5 Å². The van der Waals surface area contributed by atoms with Crippen molar-refractivity contribution in [3.63, 3.8) is 0 Å². The molecule has 1 aromatic carbocycles. The summed E-state index contributed by atoms with van der Waals surface area (Å²) in [4.78, 5) is 27.9. The normalized spacial score (nSPS) is 17.0. The summed E-state index contributed by atoms with van der Waals surface area (Å²) in [5.74, 6) is 0.665. The fourth-order valence-corrected chi connectivity index (χ4v) is 6.48. The summed E-state index contributed by atoms with van der Waals surface area (Å²) < 4.78 is 42.7. The molecule has 1 amide bonds. The quantitative estimate of drug-likeness (QED) is 0.231. The second-order valence-corrected chi connectivity index (χ2v) is 14.5. The molecule has 1 unspecified atom stereocenters. The molecule has 0 spiro atoms. The van der Waals surface area contributed by atoms with Crippen molar-refractivity contribution in [2.75, 3.05) is 23.3 Å². The first kappa shape index (κ1) is 34.4. The predicted molar refractivity (Wildman–Crippen MR) is 181 cm³/mol. The minimum absolute atomic E-state index is 0.0329. The van der Waals surface area contributed by atoms with E-state index >= 15 is 8.78 Å². The van der Waals surface area contributed by atoms with Crippen molar-refractivity contribution in [3.8, 4) is 17.3 Å². The molecule has 9 nitrogen and oxygen atoms in total. The number of carbonyl (C=O) groups excluding carboxylic acids is 1. The van der Waals surface area contributed by atoms with Crippen molar-refractivity contribution in [2.45, 2.75) is 93.0 Å². The number of nitriles is 1. The zero-order valence-corrected chi connectivity index (χ0v) is 28.9. The lowest BCUT2D eigenvalue weighted by Gasteiger charge is -2.19. The van der Waals surface area contributed by atoms with Gasteiger partial charge < -0.3 is 14.4 Å². The summed E-state index contributed by atoms with van der Waals surface area (Å²) >= 11 is 0.865. The van der Waals surface area contributed by atoms with Gasteiger partial charge >= 0.3 is 6.09 Å². The zero-order valence-electron chi connectivity index (χ0n) is 28.1. The minimum atomic E-state index is -0.794. The maximum atomic E-state index is 16.6. The first-order valence-electron chi connectivity index (χ1n) is 16.2. The number of hydrogen-bond donors (Lipinski definition) is 1. The van der Waals surface area contributed by atoms with Crippen LogP contribution in [0.1, 0.15) is 90.8 Å². The number of ether oxygens (including phenoxy) is 2. The number of anilines is 2. The second-order valence-electron chi connectivity index (χ2n) is 13.5. The smallest absolute Gasteiger partial charge is 0.412 e. The molecule has 2 aliphatic heterocycles. The van der Waals surface area contributed by atoms with Gasteiger partial charge in [0.1, 0.15) is 22.2 Å². The van der Waals surface area contributed by atoms with E-state index in [2.05, 4.69) is 48.0 Å². The van der Waals surface area contributed by atoms with E-state index in [-0.39, 0.29) is 50.6 Å². The Balaban J connectivity index is 0.000000558. The highest BCUT2D eigenvalue weighted by Crippen LogP contribution is 2.46. The number of thiophene rings is 1. The van der Waals surface area contributed by atoms with Gasteiger partial charge in [0.25, 0.3) is 0 Å². The Morgan fingerprint density at radius 3 is 2.40 bits per heavy atom. The summed E-state index contributed by atoms with van der Waals surface area (Å²) in [6.07, 6.45) is 7.05. The summed E-state index contributed by atoms with van der Waals surface area (Å²) in [5, 5.41) is 13.4. The highest BCUT2D eigenvalue weighted by molar-refractivity contribution is 7.23. The Labute approximate surface area is 278 Å². The Morgan fingerprint density at radius 1 is 1.13 bits per heavy atom. The molecule has 1 saturated heterocycles. The van der Waals surface area contributed by atoms with E-state index < -0.39 is 23.3 Å². The van der Waals surface area contributed by atoms with Crippen LogP contribution in [0.3, 0.4) is 0 Å². The third-order valence-electron chi connectivity index (χ3n) is 7.89. The van der Waals surface area contributed by atoms with E-state index in [1.54, 1.807) is 27.0 Å². The van der Waals surface area contributed by atoms with Gasteiger partial charge in [-0.05, 0) is 50.2 Å². The van der Waals surface area contributed by atoms with E-state index in [0.29, 0.717) is 22.8 Å². The Bertz CT molecular complexity index is 1840. The van der Waals surface area contributed by atoms with Crippen molar-refractivity contribution in [1.82, 2.24) is 15.0 Å². The van der Waals surface area contributed by atoms with Gasteiger partial charge in [0.05, 0.1) is 35.4 Å². The van der Waals surface area contributed by atoms with Gasteiger partial charge in [-0.25, -0.2) is 23.5 Å². The first-order chi connectivity index (χ1) is 22.4. The van der Waals surface area contributed by atoms with Crippen LogP contribution in [0.4, 0.5) is 24.5 Å². The lowest BCUT2D eigenvalue weighted by molar-refractivity contribution is 0.0636. The maximum absolute atomic E-state index is 16.6.